The fraction of sp³-hybridized carbons (Fsp3) is 0.818. The molecule has 0 amide bonds. The lowest BCUT2D eigenvalue weighted by Gasteiger charge is -2.30. The van der Waals surface area contributed by atoms with Gasteiger partial charge in [0.15, 0.2) is 0 Å². The number of carboxylic acid groups (broad SMARTS) is 2. The van der Waals surface area contributed by atoms with E-state index in [1.807, 2.05) is 0 Å². The Morgan fingerprint density at radius 1 is 1.19 bits per heavy atom. The minimum absolute atomic E-state index is 0.122. The normalized spacial score (nSPS) is 24.9. The SMILES string of the molecule is CCC1CCCC1N(CC(=O)O)CC(=O)O. The smallest absolute Gasteiger partial charge is 0.317 e. The zero-order valence-electron chi connectivity index (χ0n) is 9.56. The highest BCUT2D eigenvalue weighted by Gasteiger charge is 2.32. The quantitative estimate of drug-likeness (QED) is 0.711. The molecule has 0 radical (unpaired) electrons. The molecule has 92 valence electrons. The summed E-state index contributed by atoms with van der Waals surface area (Å²) in [6.07, 6.45) is 4.05. The molecule has 0 saturated heterocycles. The summed E-state index contributed by atoms with van der Waals surface area (Å²) in [5.74, 6) is -1.47. The summed E-state index contributed by atoms with van der Waals surface area (Å²) in [7, 11) is 0. The lowest BCUT2D eigenvalue weighted by molar-refractivity contribution is -0.143. The molecule has 5 nitrogen and oxygen atoms in total. The fourth-order valence-electron chi connectivity index (χ4n) is 2.61. The monoisotopic (exact) mass is 229 g/mol. The molecule has 0 aliphatic heterocycles. The van der Waals surface area contributed by atoms with E-state index in [1.165, 1.54) is 0 Å². The Balaban J connectivity index is 2.66. The van der Waals surface area contributed by atoms with Crippen LogP contribution in [0.1, 0.15) is 32.6 Å². The van der Waals surface area contributed by atoms with Crippen molar-refractivity contribution in [2.75, 3.05) is 13.1 Å². The summed E-state index contributed by atoms with van der Waals surface area (Å²) in [5, 5.41) is 17.6. The average Bonchev–Trinajstić information content (AvgIpc) is 2.62. The van der Waals surface area contributed by atoms with Gasteiger partial charge in [0, 0.05) is 6.04 Å². The lowest BCUT2D eigenvalue weighted by Crippen LogP contribution is -2.44. The number of rotatable bonds is 6. The Morgan fingerprint density at radius 3 is 2.19 bits per heavy atom. The maximum atomic E-state index is 10.7. The Morgan fingerprint density at radius 2 is 1.75 bits per heavy atom. The molecule has 1 aliphatic carbocycles. The highest BCUT2D eigenvalue weighted by molar-refractivity contribution is 5.72. The summed E-state index contributed by atoms with van der Waals surface area (Å²) >= 11 is 0. The summed E-state index contributed by atoms with van der Waals surface area (Å²) < 4.78 is 0. The summed E-state index contributed by atoms with van der Waals surface area (Å²) in [5.41, 5.74) is 0. The first-order chi connectivity index (χ1) is 7.54. The summed E-state index contributed by atoms with van der Waals surface area (Å²) in [6, 6.07) is 0.122. The Hall–Kier alpha value is -1.10. The minimum Gasteiger partial charge on any atom is -0.480 e. The van der Waals surface area contributed by atoms with Crippen molar-refractivity contribution in [3.05, 3.63) is 0 Å². The van der Waals surface area contributed by atoms with Crippen molar-refractivity contribution < 1.29 is 19.8 Å². The zero-order valence-corrected chi connectivity index (χ0v) is 9.56. The van der Waals surface area contributed by atoms with Gasteiger partial charge in [-0.25, -0.2) is 0 Å². The molecule has 1 saturated carbocycles. The van der Waals surface area contributed by atoms with Gasteiger partial charge in [-0.3, -0.25) is 14.5 Å². The molecular formula is C11H19NO4. The van der Waals surface area contributed by atoms with Crippen LogP contribution in [0.4, 0.5) is 0 Å². The van der Waals surface area contributed by atoms with Crippen molar-refractivity contribution in [1.29, 1.82) is 0 Å². The van der Waals surface area contributed by atoms with Gasteiger partial charge < -0.3 is 10.2 Å². The van der Waals surface area contributed by atoms with Crippen molar-refractivity contribution in [1.82, 2.24) is 4.90 Å². The molecule has 0 heterocycles. The van der Waals surface area contributed by atoms with Crippen molar-refractivity contribution in [2.45, 2.75) is 38.6 Å². The average molecular weight is 229 g/mol. The summed E-state index contributed by atoms with van der Waals surface area (Å²) in [6.45, 7) is 1.73. The molecule has 2 unspecified atom stereocenters. The third-order valence-electron chi connectivity index (χ3n) is 3.29. The lowest BCUT2D eigenvalue weighted by atomic mass is 9.99. The van der Waals surface area contributed by atoms with Crippen LogP contribution in [0.5, 0.6) is 0 Å². The highest BCUT2D eigenvalue weighted by Crippen LogP contribution is 2.31. The Bertz CT molecular complexity index is 251. The standard InChI is InChI=1S/C11H19NO4/c1-2-8-4-3-5-9(8)12(6-10(13)14)7-11(15)16/h8-9H,2-7H2,1H3,(H,13,14)(H,15,16). The predicted molar refractivity (Wildman–Crippen MR) is 58.3 cm³/mol. The van der Waals surface area contributed by atoms with E-state index in [0.717, 1.165) is 25.7 Å². The van der Waals surface area contributed by atoms with Gasteiger partial charge in [-0.2, -0.15) is 0 Å². The van der Waals surface area contributed by atoms with Crippen LogP contribution in [0.3, 0.4) is 0 Å². The zero-order chi connectivity index (χ0) is 12.1. The van der Waals surface area contributed by atoms with E-state index in [9.17, 15) is 9.59 Å². The second-order valence-corrected chi connectivity index (χ2v) is 4.36. The van der Waals surface area contributed by atoms with Crippen molar-refractivity contribution >= 4 is 11.9 Å². The molecule has 2 N–H and O–H groups in total. The van der Waals surface area contributed by atoms with Gasteiger partial charge in [-0.05, 0) is 18.8 Å². The first-order valence-corrected chi connectivity index (χ1v) is 5.72. The first-order valence-electron chi connectivity index (χ1n) is 5.72. The maximum absolute atomic E-state index is 10.7. The second kappa shape index (κ2) is 5.84. The number of carboxylic acids is 2. The molecule has 0 bridgehead atoms. The molecule has 16 heavy (non-hydrogen) atoms. The van der Waals surface area contributed by atoms with Gasteiger partial charge in [0.2, 0.25) is 0 Å². The van der Waals surface area contributed by atoms with E-state index < -0.39 is 11.9 Å². The van der Waals surface area contributed by atoms with Crippen LogP contribution in [0, 0.1) is 5.92 Å². The van der Waals surface area contributed by atoms with Crippen LogP contribution >= 0.6 is 0 Å². The molecule has 1 aliphatic rings. The van der Waals surface area contributed by atoms with Crippen LogP contribution in [0.25, 0.3) is 0 Å². The second-order valence-electron chi connectivity index (χ2n) is 4.36. The van der Waals surface area contributed by atoms with E-state index in [2.05, 4.69) is 6.92 Å². The Labute approximate surface area is 95.1 Å². The minimum atomic E-state index is -0.956. The largest absolute Gasteiger partial charge is 0.480 e. The molecule has 1 rings (SSSR count). The van der Waals surface area contributed by atoms with Crippen LogP contribution in [-0.4, -0.2) is 46.2 Å². The number of nitrogens with zero attached hydrogens (tertiary/aromatic N) is 1. The molecule has 0 spiro atoms. The maximum Gasteiger partial charge on any atom is 0.317 e. The number of carbonyl (C=O) groups is 2. The topological polar surface area (TPSA) is 77.8 Å². The van der Waals surface area contributed by atoms with Crippen molar-refractivity contribution in [3.8, 4) is 0 Å². The molecule has 0 aromatic carbocycles. The van der Waals surface area contributed by atoms with Crippen LogP contribution in [-0.2, 0) is 9.59 Å². The van der Waals surface area contributed by atoms with Gasteiger partial charge >= 0.3 is 11.9 Å². The number of aliphatic carboxylic acids is 2. The van der Waals surface area contributed by atoms with Crippen LogP contribution < -0.4 is 0 Å². The Kier molecular flexibility index (Phi) is 4.73. The third-order valence-corrected chi connectivity index (χ3v) is 3.29. The molecular weight excluding hydrogens is 210 g/mol. The molecule has 1 fully saturated rings. The van der Waals surface area contributed by atoms with Gasteiger partial charge in [0.05, 0.1) is 13.1 Å². The van der Waals surface area contributed by atoms with Crippen LogP contribution in [0.2, 0.25) is 0 Å². The number of hydrogen-bond donors (Lipinski definition) is 2. The van der Waals surface area contributed by atoms with Gasteiger partial charge in [-0.1, -0.05) is 19.8 Å². The first kappa shape index (κ1) is 13.0. The number of hydrogen-bond acceptors (Lipinski definition) is 3. The summed E-state index contributed by atoms with van der Waals surface area (Å²) in [4.78, 5) is 23.0. The van der Waals surface area contributed by atoms with Gasteiger partial charge in [-0.15, -0.1) is 0 Å². The van der Waals surface area contributed by atoms with E-state index in [4.69, 9.17) is 10.2 Å². The van der Waals surface area contributed by atoms with E-state index in [0.29, 0.717) is 5.92 Å². The van der Waals surface area contributed by atoms with Gasteiger partial charge in [0.1, 0.15) is 0 Å². The molecule has 5 heteroatoms. The van der Waals surface area contributed by atoms with E-state index in [-0.39, 0.29) is 19.1 Å². The predicted octanol–water partition coefficient (Wildman–Crippen LogP) is 1.04. The van der Waals surface area contributed by atoms with Gasteiger partial charge in [0.25, 0.3) is 0 Å². The fourth-order valence-corrected chi connectivity index (χ4v) is 2.61. The van der Waals surface area contributed by atoms with Crippen molar-refractivity contribution in [2.24, 2.45) is 5.92 Å². The van der Waals surface area contributed by atoms with Crippen molar-refractivity contribution in [3.63, 3.8) is 0 Å². The highest BCUT2D eigenvalue weighted by atomic mass is 16.4. The third kappa shape index (κ3) is 3.48. The molecule has 0 aromatic heterocycles. The van der Waals surface area contributed by atoms with E-state index >= 15 is 0 Å². The molecule has 0 aromatic rings. The molecule has 2 atom stereocenters. The van der Waals surface area contributed by atoms with E-state index in [1.54, 1.807) is 4.90 Å². The van der Waals surface area contributed by atoms with Crippen LogP contribution in [0.15, 0.2) is 0 Å².